The van der Waals surface area contributed by atoms with Crippen molar-refractivity contribution in [2.45, 2.75) is 19.3 Å². The van der Waals surface area contributed by atoms with Crippen LogP contribution in [0, 0.1) is 0 Å². The van der Waals surface area contributed by atoms with Gasteiger partial charge in [-0.05, 0) is 48.2 Å². The maximum absolute atomic E-state index is 12.6. The fraction of sp³-hybridized carbons (Fsp3) is 0.435. The second kappa shape index (κ2) is 9.18. The molecule has 2 aliphatic rings. The average Bonchev–Trinajstić information content (AvgIpc) is 3.24. The molecule has 6 nitrogen and oxygen atoms in total. The highest BCUT2D eigenvalue weighted by molar-refractivity contribution is 5.76. The van der Waals surface area contributed by atoms with Gasteiger partial charge >= 0.3 is 0 Å². The number of carbonyl (C=O) groups excluding carboxylic acids is 1. The zero-order valence-electron chi connectivity index (χ0n) is 16.9. The third-order valence-corrected chi connectivity index (χ3v) is 5.64. The van der Waals surface area contributed by atoms with Crippen LogP contribution in [0.15, 0.2) is 42.5 Å². The average molecular weight is 396 g/mol. The van der Waals surface area contributed by atoms with E-state index in [4.69, 9.17) is 14.2 Å². The van der Waals surface area contributed by atoms with Crippen LogP contribution >= 0.6 is 0 Å². The number of amides is 1. The number of ether oxygens (including phenoxy) is 3. The van der Waals surface area contributed by atoms with E-state index in [1.807, 2.05) is 35.2 Å². The molecule has 2 aromatic carbocycles. The Balaban J connectivity index is 1.19. The molecule has 0 aliphatic carbocycles. The molecule has 1 amide bonds. The van der Waals surface area contributed by atoms with Crippen LogP contribution in [0.1, 0.15) is 17.5 Å². The number of rotatable bonds is 7. The van der Waals surface area contributed by atoms with E-state index in [2.05, 4.69) is 17.0 Å². The topological polar surface area (TPSA) is 51.2 Å². The number of aryl methyl sites for hydroxylation is 1. The number of benzene rings is 2. The summed E-state index contributed by atoms with van der Waals surface area (Å²) < 4.78 is 16.0. The largest absolute Gasteiger partial charge is 0.497 e. The highest BCUT2D eigenvalue weighted by Gasteiger charge is 2.21. The van der Waals surface area contributed by atoms with Crippen molar-refractivity contribution < 1.29 is 19.0 Å². The van der Waals surface area contributed by atoms with Crippen LogP contribution in [0.4, 0.5) is 0 Å². The van der Waals surface area contributed by atoms with Gasteiger partial charge in [0.05, 0.1) is 7.11 Å². The first-order valence-electron chi connectivity index (χ1n) is 10.2. The van der Waals surface area contributed by atoms with Gasteiger partial charge in [0.15, 0.2) is 11.5 Å². The molecule has 0 N–H and O–H groups in total. The first kappa shape index (κ1) is 19.6. The molecule has 0 saturated carbocycles. The smallest absolute Gasteiger partial charge is 0.231 e. The lowest BCUT2D eigenvalue weighted by Crippen LogP contribution is -2.49. The number of carbonyl (C=O) groups is 1. The highest BCUT2D eigenvalue weighted by Crippen LogP contribution is 2.32. The minimum atomic E-state index is 0.232. The molecule has 29 heavy (non-hydrogen) atoms. The first-order valence-corrected chi connectivity index (χ1v) is 10.2. The van der Waals surface area contributed by atoms with E-state index in [-0.39, 0.29) is 12.7 Å². The molecular formula is C23H28N2O4. The fourth-order valence-corrected chi connectivity index (χ4v) is 3.84. The predicted molar refractivity (Wildman–Crippen MR) is 111 cm³/mol. The van der Waals surface area contributed by atoms with Gasteiger partial charge in [-0.25, -0.2) is 0 Å². The molecule has 1 saturated heterocycles. The van der Waals surface area contributed by atoms with Crippen LogP contribution < -0.4 is 14.2 Å². The normalized spacial score (nSPS) is 16.1. The Morgan fingerprint density at radius 3 is 2.59 bits per heavy atom. The lowest BCUT2D eigenvalue weighted by atomic mass is 10.1. The van der Waals surface area contributed by atoms with Gasteiger partial charge in [-0.1, -0.05) is 18.2 Å². The van der Waals surface area contributed by atoms with E-state index in [0.717, 1.165) is 68.4 Å². The Hall–Kier alpha value is -2.73. The van der Waals surface area contributed by atoms with Gasteiger partial charge in [0, 0.05) is 39.1 Å². The molecule has 0 radical (unpaired) electrons. The molecule has 154 valence electrons. The maximum atomic E-state index is 12.6. The van der Waals surface area contributed by atoms with E-state index in [0.29, 0.717) is 6.42 Å². The first-order chi connectivity index (χ1) is 14.2. The van der Waals surface area contributed by atoms with Crippen molar-refractivity contribution in [1.29, 1.82) is 0 Å². The molecule has 1 fully saturated rings. The Kier molecular flexibility index (Phi) is 6.20. The van der Waals surface area contributed by atoms with Crippen LogP contribution in [0.2, 0.25) is 0 Å². The van der Waals surface area contributed by atoms with Crippen molar-refractivity contribution >= 4 is 5.91 Å². The van der Waals surface area contributed by atoms with Crippen molar-refractivity contribution in [1.82, 2.24) is 9.80 Å². The van der Waals surface area contributed by atoms with Gasteiger partial charge in [-0.3, -0.25) is 9.69 Å². The summed E-state index contributed by atoms with van der Waals surface area (Å²) in [5, 5.41) is 0. The van der Waals surface area contributed by atoms with Crippen molar-refractivity contribution in [3.05, 3.63) is 53.6 Å². The molecule has 4 rings (SSSR count). The molecule has 0 atom stereocenters. The summed E-state index contributed by atoms with van der Waals surface area (Å²) in [6, 6.07) is 14.1. The summed E-state index contributed by atoms with van der Waals surface area (Å²) in [7, 11) is 1.70. The number of fused-ring (bicyclic) bond motifs is 1. The van der Waals surface area contributed by atoms with Crippen molar-refractivity contribution in [2.24, 2.45) is 0 Å². The minimum Gasteiger partial charge on any atom is -0.497 e. The van der Waals surface area contributed by atoms with E-state index >= 15 is 0 Å². The van der Waals surface area contributed by atoms with E-state index in [1.54, 1.807) is 7.11 Å². The second-order valence-corrected chi connectivity index (χ2v) is 7.51. The number of hydrogen-bond acceptors (Lipinski definition) is 5. The van der Waals surface area contributed by atoms with Gasteiger partial charge in [-0.2, -0.15) is 0 Å². The molecule has 2 heterocycles. The highest BCUT2D eigenvalue weighted by atomic mass is 16.7. The van der Waals surface area contributed by atoms with E-state index in [1.165, 1.54) is 5.56 Å². The lowest BCUT2D eigenvalue weighted by molar-refractivity contribution is -0.132. The third kappa shape index (κ3) is 5.01. The Bertz CT molecular complexity index is 847. The standard InChI is InChI=1S/C23H28N2O4/c1-27-20-4-2-3-18(15-20)9-10-24-11-13-25(14-12-24)23(26)8-6-19-5-7-21-22(16-19)29-17-28-21/h2-5,7,15-16H,6,8-14,17H2,1H3. The van der Waals surface area contributed by atoms with E-state index in [9.17, 15) is 4.79 Å². The van der Waals surface area contributed by atoms with Crippen molar-refractivity contribution in [3.63, 3.8) is 0 Å². The minimum absolute atomic E-state index is 0.232. The third-order valence-electron chi connectivity index (χ3n) is 5.64. The van der Waals surface area contributed by atoms with Gasteiger partial charge in [0.2, 0.25) is 12.7 Å². The van der Waals surface area contributed by atoms with Crippen LogP contribution in [0.5, 0.6) is 17.2 Å². The Morgan fingerprint density at radius 2 is 1.76 bits per heavy atom. The number of nitrogens with zero attached hydrogens (tertiary/aromatic N) is 2. The SMILES string of the molecule is COc1cccc(CCN2CCN(C(=O)CCc3ccc4c(c3)OCO4)CC2)c1. The Labute approximate surface area is 172 Å². The monoisotopic (exact) mass is 396 g/mol. The zero-order chi connectivity index (χ0) is 20.1. The van der Waals surface area contributed by atoms with Gasteiger partial charge in [0.1, 0.15) is 5.75 Å². The van der Waals surface area contributed by atoms with Crippen LogP contribution in [0.3, 0.4) is 0 Å². The van der Waals surface area contributed by atoms with Gasteiger partial charge in [-0.15, -0.1) is 0 Å². The molecule has 6 heteroatoms. The summed E-state index contributed by atoms with van der Waals surface area (Å²) in [5.74, 6) is 2.69. The quantitative estimate of drug-likeness (QED) is 0.720. The van der Waals surface area contributed by atoms with Crippen LogP contribution in [0.25, 0.3) is 0 Å². The molecule has 0 aromatic heterocycles. The summed E-state index contributed by atoms with van der Waals surface area (Å²) in [4.78, 5) is 17.0. The van der Waals surface area contributed by atoms with Crippen LogP contribution in [-0.2, 0) is 17.6 Å². The van der Waals surface area contributed by atoms with Crippen LogP contribution in [-0.4, -0.2) is 62.3 Å². The molecule has 0 unspecified atom stereocenters. The van der Waals surface area contributed by atoms with Crippen molar-refractivity contribution in [3.8, 4) is 17.2 Å². The molecule has 0 bridgehead atoms. The fourth-order valence-electron chi connectivity index (χ4n) is 3.84. The summed E-state index contributed by atoms with van der Waals surface area (Å²) >= 11 is 0. The number of hydrogen-bond donors (Lipinski definition) is 0. The summed E-state index contributed by atoms with van der Waals surface area (Å²) in [6.45, 7) is 4.75. The predicted octanol–water partition coefficient (Wildman–Crippen LogP) is 2.74. The second-order valence-electron chi connectivity index (χ2n) is 7.51. The van der Waals surface area contributed by atoms with Crippen molar-refractivity contribution in [2.75, 3.05) is 46.6 Å². The zero-order valence-corrected chi connectivity index (χ0v) is 16.9. The van der Waals surface area contributed by atoms with Gasteiger partial charge < -0.3 is 19.1 Å². The number of methoxy groups -OCH3 is 1. The van der Waals surface area contributed by atoms with Gasteiger partial charge in [0.25, 0.3) is 0 Å². The molecule has 0 spiro atoms. The van der Waals surface area contributed by atoms with E-state index < -0.39 is 0 Å². The lowest BCUT2D eigenvalue weighted by Gasteiger charge is -2.34. The summed E-state index contributed by atoms with van der Waals surface area (Å²) in [6.07, 6.45) is 2.25. The summed E-state index contributed by atoms with van der Waals surface area (Å²) in [5.41, 5.74) is 2.39. The maximum Gasteiger partial charge on any atom is 0.231 e. The molecule has 2 aromatic rings. The molecular weight excluding hydrogens is 368 g/mol. The number of piperazine rings is 1. The Morgan fingerprint density at radius 1 is 0.966 bits per heavy atom. The molecule has 2 aliphatic heterocycles.